The number of halogens is 9. The Morgan fingerprint density at radius 3 is 1.28 bits per heavy atom. The van der Waals surface area contributed by atoms with Crippen LogP contribution in [0.4, 0.5) is 39.5 Å². The Hall–Kier alpha value is -1.18. The minimum absolute atomic E-state index is 0.408. The largest absolute Gasteiger partial charge is 0.412 e. The van der Waals surface area contributed by atoms with Gasteiger partial charge in [-0.2, -0.15) is 39.5 Å². The molecule has 0 N–H and O–H groups in total. The molecule has 0 amide bonds. The first-order valence-electron chi connectivity index (χ1n) is 4.11. The molecule has 0 aliphatic carbocycles. The van der Waals surface area contributed by atoms with Crippen molar-refractivity contribution in [3.05, 3.63) is 5.57 Å². The summed E-state index contributed by atoms with van der Waals surface area (Å²) in [6.07, 6.45) is -22.5. The summed E-state index contributed by atoms with van der Waals surface area (Å²) in [7, 11) is 0. The summed E-state index contributed by atoms with van der Waals surface area (Å²) in [5.41, 5.74) is -7.30. The van der Waals surface area contributed by atoms with E-state index in [4.69, 9.17) is 0 Å². The maximum Gasteiger partial charge on any atom is 0.412 e. The summed E-state index contributed by atoms with van der Waals surface area (Å²) in [5.74, 6) is 0.603. The monoisotopic (exact) mass is 288 g/mol. The van der Waals surface area contributed by atoms with E-state index in [1.54, 1.807) is 0 Å². The van der Waals surface area contributed by atoms with Crippen molar-refractivity contribution in [2.75, 3.05) is 0 Å². The van der Waals surface area contributed by atoms with Crippen molar-refractivity contribution in [2.24, 2.45) is 5.41 Å². The Labute approximate surface area is 94.3 Å². The van der Waals surface area contributed by atoms with Gasteiger partial charge in [0.25, 0.3) is 5.41 Å². The predicted octanol–water partition coefficient (Wildman–Crippen LogP) is 3.83. The van der Waals surface area contributed by atoms with E-state index in [9.17, 15) is 44.3 Å². The van der Waals surface area contributed by atoms with E-state index < -0.39 is 35.9 Å². The van der Waals surface area contributed by atoms with Gasteiger partial charge in [-0.05, 0) is 6.92 Å². The van der Waals surface area contributed by atoms with Crippen molar-refractivity contribution < 1.29 is 44.3 Å². The molecule has 0 radical (unpaired) electrons. The van der Waals surface area contributed by atoms with Gasteiger partial charge in [-0.15, -0.1) is 0 Å². The van der Waals surface area contributed by atoms with E-state index in [1.807, 2.05) is 0 Å². The zero-order valence-electron chi connectivity index (χ0n) is 8.52. The molecule has 0 atom stereocenters. The molecule has 0 saturated carbocycles. The zero-order chi connectivity index (χ0) is 15.0. The lowest BCUT2D eigenvalue weighted by atomic mass is 9.79. The van der Waals surface area contributed by atoms with Crippen LogP contribution in [-0.2, 0) is 4.79 Å². The number of rotatable bonds is 2. The fourth-order valence-corrected chi connectivity index (χ4v) is 1.22. The van der Waals surface area contributed by atoms with Gasteiger partial charge in [0.15, 0.2) is 0 Å². The summed E-state index contributed by atoms with van der Waals surface area (Å²) in [6, 6.07) is 0. The normalized spacial score (nSPS) is 14.3. The number of alkyl halides is 9. The van der Waals surface area contributed by atoms with Gasteiger partial charge < -0.3 is 0 Å². The lowest BCUT2D eigenvalue weighted by Crippen LogP contribution is -2.59. The minimum Gasteiger partial charge on any atom is -0.234 e. The van der Waals surface area contributed by atoms with Crippen molar-refractivity contribution in [1.29, 1.82) is 0 Å². The Morgan fingerprint density at radius 1 is 0.833 bits per heavy atom. The van der Waals surface area contributed by atoms with E-state index >= 15 is 0 Å². The van der Waals surface area contributed by atoms with Crippen molar-refractivity contribution in [3.63, 3.8) is 0 Å². The molecule has 0 fully saturated rings. The standard InChI is InChI=1S/C8H5F9O/c1-4(3-18)2-5(6(9,10)11,7(12,13)14)8(15,16)17/h2H2,1H3. The molecule has 0 aliphatic heterocycles. The Bertz CT molecular complexity index is 316. The highest BCUT2D eigenvalue weighted by Gasteiger charge is 2.83. The molecular formula is C8H5F9O. The second-order valence-electron chi connectivity index (χ2n) is 3.46. The second kappa shape index (κ2) is 4.49. The lowest BCUT2D eigenvalue weighted by molar-refractivity contribution is -0.426. The molecule has 0 saturated heterocycles. The first kappa shape index (κ1) is 16.8. The Morgan fingerprint density at radius 2 is 1.11 bits per heavy atom. The highest BCUT2D eigenvalue weighted by Crippen LogP contribution is 2.62. The molecule has 0 unspecified atom stereocenters. The maximum absolute atomic E-state index is 12.3. The maximum atomic E-state index is 12.3. The van der Waals surface area contributed by atoms with Crippen LogP contribution >= 0.6 is 0 Å². The molecule has 0 bridgehead atoms. The first-order valence-corrected chi connectivity index (χ1v) is 4.11. The molecule has 0 aliphatic rings. The van der Waals surface area contributed by atoms with Crippen LogP contribution < -0.4 is 0 Å². The van der Waals surface area contributed by atoms with Crippen molar-refractivity contribution >= 4 is 5.94 Å². The van der Waals surface area contributed by atoms with Gasteiger partial charge in [0.05, 0.1) is 0 Å². The van der Waals surface area contributed by atoms with Gasteiger partial charge in [-0.1, -0.05) is 0 Å². The van der Waals surface area contributed by atoms with Crippen molar-refractivity contribution in [2.45, 2.75) is 31.9 Å². The van der Waals surface area contributed by atoms with E-state index in [1.165, 1.54) is 0 Å². The molecule has 1 nitrogen and oxygen atoms in total. The number of hydrogen-bond acceptors (Lipinski definition) is 1. The van der Waals surface area contributed by atoms with Crippen molar-refractivity contribution in [3.8, 4) is 0 Å². The van der Waals surface area contributed by atoms with Crippen molar-refractivity contribution in [1.82, 2.24) is 0 Å². The van der Waals surface area contributed by atoms with Gasteiger partial charge in [0.2, 0.25) is 0 Å². The molecule has 0 heterocycles. The smallest absolute Gasteiger partial charge is 0.234 e. The third kappa shape index (κ3) is 2.63. The Kier molecular flexibility index (Phi) is 4.20. The Balaban J connectivity index is 6.17. The van der Waals surface area contributed by atoms with Crippen LogP contribution in [0, 0.1) is 5.41 Å². The van der Waals surface area contributed by atoms with Crippen LogP contribution in [0.25, 0.3) is 0 Å². The lowest BCUT2D eigenvalue weighted by Gasteiger charge is -2.38. The SMILES string of the molecule is CC(=C=O)CC(C(F)(F)F)(C(F)(F)F)C(F)(F)F. The summed E-state index contributed by atoms with van der Waals surface area (Å²) in [5, 5.41) is 0. The second-order valence-corrected chi connectivity index (χ2v) is 3.46. The predicted molar refractivity (Wildman–Crippen MR) is 40.1 cm³/mol. The van der Waals surface area contributed by atoms with Gasteiger partial charge >= 0.3 is 18.5 Å². The number of carbonyl (C=O) groups excluding carboxylic acids is 1. The number of allylic oxidation sites excluding steroid dienone is 1. The van der Waals surface area contributed by atoms with Gasteiger partial charge in [-0.3, -0.25) is 0 Å². The summed E-state index contributed by atoms with van der Waals surface area (Å²) in [6.45, 7) is 0.408. The third-order valence-corrected chi connectivity index (χ3v) is 2.16. The molecule has 0 spiro atoms. The average Bonchev–Trinajstić information content (AvgIpc) is 2.07. The van der Waals surface area contributed by atoms with Crippen LogP contribution in [-0.4, -0.2) is 24.5 Å². The molecule has 18 heavy (non-hydrogen) atoms. The van der Waals surface area contributed by atoms with Gasteiger partial charge in [0.1, 0.15) is 5.94 Å². The van der Waals surface area contributed by atoms with Crippen LogP contribution in [0.15, 0.2) is 5.57 Å². The zero-order valence-corrected chi connectivity index (χ0v) is 8.52. The van der Waals surface area contributed by atoms with Crippen LogP contribution in [0.2, 0.25) is 0 Å². The van der Waals surface area contributed by atoms with E-state index in [-0.39, 0.29) is 0 Å². The molecule has 0 aromatic carbocycles. The highest BCUT2D eigenvalue weighted by molar-refractivity contribution is 5.51. The fraction of sp³-hybridized carbons (Fsp3) is 0.750. The molecule has 0 rings (SSSR count). The summed E-state index contributed by atoms with van der Waals surface area (Å²) >= 11 is 0. The molecule has 106 valence electrons. The van der Waals surface area contributed by atoms with E-state index in [2.05, 4.69) is 0 Å². The number of hydrogen-bond donors (Lipinski definition) is 0. The van der Waals surface area contributed by atoms with E-state index in [0.29, 0.717) is 12.9 Å². The molecule has 0 aromatic rings. The van der Waals surface area contributed by atoms with E-state index in [0.717, 1.165) is 0 Å². The molecule has 10 heteroatoms. The topological polar surface area (TPSA) is 17.1 Å². The molecular weight excluding hydrogens is 283 g/mol. The highest BCUT2D eigenvalue weighted by atomic mass is 19.4. The minimum atomic E-state index is -6.64. The van der Waals surface area contributed by atoms with Gasteiger partial charge in [-0.25, -0.2) is 4.79 Å². The summed E-state index contributed by atoms with van der Waals surface area (Å²) in [4.78, 5) is 9.90. The molecule has 0 aromatic heterocycles. The van der Waals surface area contributed by atoms with Gasteiger partial charge in [0, 0.05) is 12.0 Å². The summed E-state index contributed by atoms with van der Waals surface area (Å²) < 4.78 is 111. The van der Waals surface area contributed by atoms with Crippen LogP contribution in [0.5, 0.6) is 0 Å². The van der Waals surface area contributed by atoms with Crippen LogP contribution in [0.1, 0.15) is 13.3 Å². The quantitative estimate of drug-likeness (QED) is 0.557. The fourth-order valence-electron chi connectivity index (χ4n) is 1.22. The van der Waals surface area contributed by atoms with Crippen LogP contribution in [0.3, 0.4) is 0 Å². The third-order valence-electron chi connectivity index (χ3n) is 2.16. The average molecular weight is 288 g/mol. The first-order chi connectivity index (χ1) is 7.70.